The van der Waals surface area contributed by atoms with Crippen molar-refractivity contribution in [3.05, 3.63) is 29.8 Å². The van der Waals surface area contributed by atoms with Crippen molar-refractivity contribution >= 4 is 11.6 Å². The zero-order valence-corrected chi connectivity index (χ0v) is 11.5. The quantitative estimate of drug-likeness (QED) is 0.863. The van der Waals surface area contributed by atoms with Crippen LogP contribution in [0.5, 0.6) is 0 Å². The Bertz CT molecular complexity index is 570. The van der Waals surface area contributed by atoms with Crippen LogP contribution in [-0.2, 0) is 9.53 Å². The Labute approximate surface area is 122 Å². The number of nitrogens with one attached hydrogen (secondary N) is 1. The Kier molecular flexibility index (Phi) is 4.39. The van der Waals surface area contributed by atoms with Gasteiger partial charge in [-0.25, -0.2) is 8.78 Å². The summed E-state index contributed by atoms with van der Waals surface area (Å²) in [5.74, 6) is -2.45. The molecule has 1 aromatic rings. The molecular weight excluding hydrogens is 311 g/mol. The van der Waals surface area contributed by atoms with Gasteiger partial charge >= 0.3 is 6.18 Å². The van der Waals surface area contributed by atoms with Gasteiger partial charge in [0.2, 0.25) is 5.91 Å². The molecule has 2 rings (SSSR count). The second-order valence-electron chi connectivity index (χ2n) is 5.01. The predicted octanol–water partition coefficient (Wildman–Crippen LogP) is 2.17. The summed E-state index contributed by atoms with van der Waals surface area (Å²) in [6.45, 7) is -1.31. The maximum atomic E-state index is 13.3. The maximum Gasteiger partial charge on any atom is 0.419 e. The summed E-state index contributed by atoms with van der Waals surface area (Å²) in [4.78, 5) is 12.9. The monoisotopic (exact) mass is 324 g/mol. The molecule has 0 radical (unpaired) electrons. The number of ether oxygens (including phenoxy) is 1. The minimum absolute atomic E-state index is 0.235. The van der Waals surface area contributed by atoms with Crippen LogP contribution >= 0.6 is 0 Å². The first-order chi connectivity index (χ1) is 10.2. The minimum Gasteiger partial charge on any atom is -0.366 e. The van der Waals surface area contributed by atoms with Crippen molar-refractivity contribution in [2.24, 2.45) is 0 Å². The molecule has 4 nitrogen and oxygen atoms in total. The molecule has 1 aliphatic heterocycles. The van der Waals surface area contributed by atoms with Gasteiger partial charge in [0.25, 0.3) is 0 Å². The molecule has 0 aliphatic carbocycles. The molecule has 1 amide bonds. The van der Waals surface area contributed by atoms with Crippen LogP contribution in [0.15, 0.2) is 18.2 Å². The Hall–Kier alpha value is -1.74. The van der Waals surface area contributed by atoms with Crippen LogP contribution in [0.25, 0.3) is 0 Å². The zero-order chi connectivity index (χ0) is 16.5. The molecule has 1 N–H and O–H groups in total. The normalized spacial score (nSPS) is 17.9. The first-order valence-corrected chi connectivity index (χ1v) is 6.26. The van der Waals surface area contributed by atoms with E-state index in [0.29, 0.717) is 6.07 Å². The highest BCUT2D eigenvalue weighted by Gasteiger charge is 2.62. The van der Waals surface area contributed by atoms with Gasteiger partial charge in [0.15, 0.2) is 5.60 Å². The first kappa shape index (κ1) is 16.6. The van der Waals surface area contributed by atoms with Gasteiger partial charge in [-0.05, 0) is 12.1 Å². The molecule has 0 unspecified atom stereocenters. The van der Waals surface area contributed by atoms with E-state index in [-0.39, 0.29) is 12.2 Å². The Morgan fingerprint density at radius 2 is 2.00 bits per heavy atom. The zero-order valence-electron chi connectivity index (χ0n) is 11.5. The number of likely N-dealkylation sites (tertiary alicyclic amines) is 1. The summed E-state index contributed by atoms with van der Waals surface area (Å²) < 4.78 is 68.9. The lowest BCUT2D eigenvalue weighted by molar-refractivity contribution is -0.309. The number of benzene rings is 1. The summed E-state index contributed by atoms with van der Waals surface area (Å²) in [7, 11) is 0.957. The molecule has 1 heterocycles. The lowest BCUT2D eigenvalue weighted by Crippen LogP contribution is -2.70. The number of hydrogen-bond acceptors (Lipinski definition) is 3. The summed E-state index contributed by atoms with van der Waals surface area (Å²) >= 11 is 0. The number of amides is 1. The lowest BCUT2D eigenvalue weighted by Gasteiger charge is -2.49. The highest BCUT2D eigenvalue weighted by molar-refractivity contribution is 5.92. The topological polar surface area (TPSA) is 41.6 Å². The summed E-state index contributed by atoms with van der Waals surface area (Å²) in [6.07, 6.45) is -4.53. The number of hydrogen-bond donors (Lipinski definition) is 1. The summed E-state index contributed by atoms with van der Waals surface area (Å²) in [6, 6.07) is 2.59. The molecule has 9 heteroatoms. The smallest absolute Gasteiger partial charge is 0.366 e. The molecule has 0 spiro atoms. The lowest BCUT2D eigenvalue weighted by atomic mass is 9.93. The number of anilines is 1. The van der Waals surface area contributed by atoms with Crippen LogP contribution < -0.4 is 5.32 Å². The first-order valence-electron chi connectivity index (χ1n) is 6.26. The van der Waals surface area contributed by atoms with Gasteiger partial charge in [-0.3, -0.25) is 9.69 Å². The fourth-order valence-electron chi connectivity index (χ4n) is 2.20. The van der Waals surface area contributed by atoms with Crippen molar-refractivity contribution in [1.29, 1.82) is 0 Å². The number of alkyl halides is 3. The minimum atomic E-state index is -4.53. The van der Waals surface area contributed by atoms with Gasteiger partial charge in [-0.1, -0.05) is 0 Å². The van der Waals surface area contributed by atoms with Crippen molar-refractivity contribution in [3.8, 4) is 0 Å². The number of nitrogens with zero attached hydrogens (tertiary/aromatic N) is 1. The third kappa shape index (κ3) is 3.20. The average Bonchev–Trinajstić information content (AvgIpc) is 2.35. The van der Waals surface area contributed by atoms with Gasteiger partial charge in [0.05, 0.1) is 12.2 Å². The Morgan fingerprint density at radius 3 is 2.50 bits per heavy atom. The van der Waals surface area contributed by atoms with E-state index >= 15 is 0 Å². The summed E-state index contributed by atoms with van der Waals surface area (Å²) in [5, 5.41) is 2.18. The third-order valence-electron chi connectivity index (χ3n) is 3.44. The van der Waals surface area contributed by atoms with Crippen molar-refractivity contribution in [2.45, 2.75) is 11.8 Å². The molecular formula is C13H13F5N2O2. The van der Waals surface area contributed by atoms with Gasteiger partial charge in [-0.2, -0.15) is 13.2 Å². The van der Waals surface area contributed by atoms with E-state index in [2.05, 4.69) is 10.1 Å². The SMILES string of the molecule is COC1(C(F)(F)F)CN(CC(=O)Nc2ccc(F)cc2F)C1. The average molecular weight is 324 g/mol. The number of carbonyl (C=O) groups excluding carboxylic acids is 1. The van der Waals surface area contributed by atoms with Crippen LogP contribution in [0, 0.1) is 11.6 Å². The van der Waals surface area contributed by atoms with Crippen molar-refractivity contribution < 1.29 is 31.5 Å². The number of rotatable bonds is 4. The molecule has 0 atom stereocenters. The molecule has 0 bridgehead atoms. The van der Waals surface area contributed by atoms with Crippen LogP contribution in [0.1, 0.15) is 0 Å². The molecule has 1 aliphatic rings. The van der Waals surface area contributed by atoms with Gasteiger partial charge in [0.1, 0.15) is 11.6 Å². The molecule has 0 aromatic heterocycles. The van der Waals surface area contributed by atoms with Gasteiger partial charge in [-0.15, -0.1) is 0 Å². The molecule has 1 saturated heterocycles. The van der Waals surface area contributed by atoms with E-state index in [9.17, 15) is 26.7 Å². The van der Waals surface area contributed by atoms with Crippen LogP contribution in [0.2, 0.25) is 0 Å². The Balaban J connectivity index is 1.90. The number of methoxy groups -OCH3 is 1. The highest BCUT2D eigenvalue weighted by Crippen LogP contribution is 2.40. The molecule has 22 heavy (non-hydrogen) atoms. The van der Waals surface area contributed by atoms with E-state index in [1.165, 1.54) is 4.90 Å². The van der Waals surface area contributed by atoms with Gasteiger partial charge in [0, 0.05) is 26.3 Å². The van der Waals surface area contributed by atoms with Crippen molar-refractivity contribution in [1.82, 2.24) is 4.90 Å². The van der Waals surface area contributed by atoms with E-state index in [0.717, 1.165) is 19.2 Å². The van der Waals surface area contributed by atoms with Crippen LogP contribution in [-0.4, -0.2) is 49.3 Å². The van der Waals surface area contributed by atoms with E-state index in [1.807, 2.05) is 0 Å². The van der Waals surface area contributed by atoms with Crippen LogP contribution in [0.4, 0.5) is 27.6 Å². The fraction of sp³-hybridized carbons (Fsp3) is 0.462. The second-order valence-corrected chi connectivity index (χ2v) is 5.01. The third-order valence-corrected chi connectivity index (χ3v) is 3.44. The molecule has 1 fully saturated rings. The number of halogens is 5. The predicted molar refractivity (Wildman–Crippen MR) is 67.2 cm³/mol. The van der Waals surface area contributed by atoms with E-state index in [1.54, 1.807) is 0 Å². The van der Waals surface area contributed by atoms with Gasteiger partial charge < -0.3 is 10.1 Å². The summed E-state index contributed by atoms with van der Waals surface area (Å²) in [5.41, 5.74) is -2.50. The number of carbonyl (C=O) groups is 1. The van der Waals surface area contributed by atoms with Crippen molar-refractivity contribution in [2.75, 3.05) is 32.1 Å². The Morgan fingerprint density at radius 1 is 1.36 bits per heavy atom. The fourth-order valence-corrected chi connectivity index (χ4v) is 2.20. The second kappa shape index (κ2) is 5.81. The largest absolute Gasteiger partial charge is 0.419 e. The van der Waals surface area contributed by atoms with E-state index in [4.69, 9.17) is 0 Å². The standard InChI is InChI=1S/C13H13F5N2O2/c1-22-12(13(16,17)18)6-20(7-12)5-11(21)19-10-3-2-8(14)4-9(10)15/h2-4H,5-7H2,1H3,(H,19,21). The van der Waals surface area contributed by atoms with Crippen molar-refractivity contribution in [3.63, 3.8) is 0 Å². The molecule has 1 aromatic carbocycles. The molecule has 122 valence electrons. The van der Waals surface area contributed by atoms with Crippen LogP contribution in [0.3, 0.4) is 0 Å². The molecule has 0 saturated carbocycles. The van der Waals surface area contributed by atoms with E-state index < -0.39 is 42.4 Å². The highest BCUT2D eigenvalue weighted by atomic mass is 19.4. The maximum absolute atomic E-state index is 13.3.